The molecule has 2 aromatic carbocycles. The SMILES string of the molecule is Cc1ccc(Oc2ccc(NC(=O)CN3CCN(c4ccccn4)CC3)cc2)cc1. The molecule has 2 heterocycles. The highest BCUT2D eigenvalue weighted by Gasteiger charge is 2.19. The van der Waals surface area contributed by atoms with Crippen LogP contribution in [0.4, 0.5) is 11.5 Å². The van der Waals surface area contributed by atoms with E-state index in [0.717, 1.165) is 49.2 Å². The van der Waals surface area contributed by atoms with Gasteiger partial charge in [-0.25, -0.2) is 4.98 Å². The zero-order valence-corrected chi connectivity index (χ0v) is 17.1. The predicted octanol–water partition coefficient (Wildman–Crippen LogP) is 3.94. The van der Waals surface area contributed by atoms with E-state index in [0.29, 0.717) is 6.54 Å². The van der Waals surface area contributed by atoms with Gasteiger partial charge in [-0.3, -0.25) is 9.69 Å². The van der Waals surface area contributed by atoms with Gasteiger partial charge < -0.3 is 15.0 Å². The van der Waals surface area contributed by atoms with Crippen molar-refractivity contribution in [2.45, 2.75) is 6.92 Å². The van der Waals surface area contributed by atoms with Gasteiger partial charge in [0.1, 0.15) is 17.3 Å². The second kappa shape index (κ2) is 9.41. The summed E-state index contributed by atoms with van der Waals surface area (Å²) in [6.45, 7) is 5.85. The van der Waals surface area contributed by atoms with Gasteiger partial charge in [-0.1, -0.05) is 23.8 Å². The summed E-state index contributed by atoms with van der Waals surface area (Å²) in [4.78, 5) is 21.3. The highest BCUT2D eigenvalue weighted by molar-refractivity contribution is 5.92. The third-order valence-electron chi connectivity index (χ3n) is 5.11. The van der Waals surface area contributed by atoms with Crippen molar-refractivity contribution in [2.75, 3.05) is 42.9 Å². The van der Waals surface area contributed by atoms with Gasteiger partial charge in [-0.05, 0) is 55.5 Å². The summed E-state index contributed by atoms with van der Waals surface area (Å²) in [6, 6.07) is 21.3. The number of benzene rings is 2. The number of nitrogens with zero attached hydrogens (tertiary/aromatic N) is 3. The molecule has 3 aromatic rings. The standard InChI is InChI=1S/C24H26N4O2/c1-19-5-9-21(10-6-19)30-22-11-7-20(8-12-22)26-24(29)18-27-14-16-28(17-15-27)23-4-2-3-13-25-23/h2-13H,14-18H2,1H3,(H,26,29). The van der Waals surface area contributed by atoms with Crippen molar-refractivity contribution < 1.29 is 9.53 Å². The number of anilines is 2. The normalized spacial score (nSPS) is 14.4. The van der Waals surface area contributed by atoms with Gasteiger partial charge in [0.15, 0.2) is 0 Å². The van der Waals surface area contributed by atoms with Crippen LogP contribution in [-0.2, 0) is 4.79 Å². The Labute approximate surface area is 177 Å². The van der Waals surface area contributed by atoms with Crippen LogP contribution < -0.4 is 15.0 Å². The van der Waals surface area contributed by atoms with Crippen LogP contribution in [0.5, 0.6) is 11.5 Å². The summed E-state index contributed by atoms with van der Waals surface area (Å²) in [5.74, 6) is 2.52. The number of aromatic nitrogens is 1. The zero-order chi connectivity index (χ0) is 20.8. The maximum atomic E-state index is 12.4. The number of rotatable bonds is 6. The molecule has 0 bridgehead atoms. The first kappa shape index (κ1) is 19.9. The molecule has 0 unspecified atom stereocenters. The molecule has 0 aliphatic carbocycles. The Morgan fingerprint density at radius 3 is 2.23 bits per heavy atom. The molecule has 1 saturated heterocycles. The highest BCUT2D eigenvalue weighted by atomic mass is 16.5. The molecular weight excluding hydrogens is 376 g/mol. The van der Waals surface area contributed by atoms with Gasteiger partial charge in [0, 0.05) is 38.1 Å². The summed E-state index contributed by atoms with van der Waals surface area (Å²) < 4.78 is 5.83. The third kappa shape index (κ3) is 5.36. The van der Waals surface area contributed by atoms with Gasteiger partial charge >= 0.3 is 0 Å². The second-order valence-corrected chi connectivity index (χ2v) is 7.44. The summed E-state index contributed by atoms with van der Waals surface area (Å²) in [5.41, 5.74) is 1.96. The van der Waals surface area contributed by atoms with E-state index in [1.807, 2.05) is 79.9 Å². The van der Waals surface area contributed by atoms with Crippen LogP contribution in [-0.4, -0.2) is 48.5 Å². The van der Waals surface area contributed by atoms with E-state index in [1.165, 1.54) is 5.56 Å². The fourth-order valence-electron chi connectivity index (χ4n) is 3.43. The van der Waals surface area contributed by atoms with Gasteiger partial charge in [-0.15, -0.1) is 0 Å². The maximum absolute atomic E-state index is 12.4. The van der Waals surface area contributed by atoms with Crippen LogP contribution >= 0.6 is 0 Å². The van der Waals surface area contributed by atoms with E-state index in [9.17, 15) is 4.79 Å². The van der Waals surface area contributed by atoms with E-state index in [4.69, 9.17) is 4.74 Å². The molecule has 1 fully saturated rings. The van der Waals surface area contributed by atoms with Crippen LogP contribution in [0, 0.1) is 6.92 Å². The molecule has 0 saturated carbocycles. The number of pyridine rings is 1. The van der Waals surface area contributed by atoms with Gasteiger partial charge in [0.25, 0.3) is 0 Å². The summed E-state index contributed by atoms with van der Waals surface area (Å²) in [7, 11) is 0. The number of aryl methyl sites for hydroxylation is 1. The summed E-state index contributed by atoms with van der Waals surface area (Å²) >= 11 is 0. The molecule has 1 aliphatic rings. The first-order valence-corrected chi connectivity index (χ1v) is 10.2. The molecule has 0 spiro atoms. The molecule has 1 aliphatic heterocycles. The van der Waals surface area contributed by atoms with Crippen LogP contribution in [0.25, 0.3) is 0 Å². The van der Waals surface area contributed by atoms with Gasteiger partial charge in [0.05, 0.1) is 6.54 Å². The number of piperazine rings is 1. The largest absolute Gasteiger partial charge is 0.457 e. The topological polar surface area (TPSA) is 57.7 Å². The predicted molar refractivity (Wildman–Crippen MR) is 119 cm³/mol. The molecule has 6 heteroatoms. The number of hydrogen-bond acceptors (Lipinski definition) is 5. The van der Waals surface area contributed by atoms with E-state index < -0.39 is 0 Å². The van der Waals surface area contributed by atoms with Crippen LogP contribution in [0.15, 0.2) is 72.9 Å². The fraction of sp³-hybridized carbons (Fsp3) is 0.250. The van der Waals surface area contributed by atoms with Crippen LogP contribution in [0.1, 0.15) is 5.56 Å². The Hall–Kier alpha value is -3.38. The average Bonchev–Trinajstić information content (AvgIpc) is 2.78. The van der Waals surface area contributed by atoms with Gasteiger partial charge in [0.2, 0.25) is 5.91 Å². The lowest BCUT2D eigenvalue weighted by Crippen LogP contribution is -2.48. The van der Waals surface area contributed by atoms with Crippen molar-refractivity contribution in [1.82, 2.24) is 9.88 Å². The van der Waals surface area contributed by atoms with Crippen molar-refractivity contribution in [3.63, 3.8) is 0 Å². The second-order valence-electron chi connectivity index (χ2n) is 7.44. The van der Waals surface area contributed by atoms with Gasteiger partial charge in [-0.2, -0.15) is 0 Å². The van der Waals surface area contributed by atoms with Crippen molar-refractivity contribution in [3.8, 4) is 11.5 Å². The number of hydrogen-bond donors (Lipinski definition) is 1. The Bertz CT molecular complexity index is 951. The molecule has 30 heavy (non-hydrogen) atoms. The molecule has 0 atom stereocenters. The molecule has 4 rings (SSSR count). The number of nitrogens with one attached hydrogen (secondary N) is 1. The number of ether oxygens (including phenoxy) is 1. The molecule has 1 N–H and O–H groups in total. The van der Waals surface area contributed by atoms with Crippen LogP contribution in [0.2, 0.25) is 0 Å². The summed E-state index contributed by atoms with van der Waals surface area (Å²) in [6.07, 6.45) is 1.81. The average molecular weight is 402 g/mol. The quantitative estimate of drug-likeness (QED) is 0.677. The van der Waals surface area contributed by atoms with E-state index >= 15 is 0 Å². The number of carbonyl (C=O) groups is 1. The van der Waals surface area contributed by atoms with Crippen molar-refractivity contribution in [3.05, 3.63) is 78.5 Å². The minimum absolute atomic E-state index is 0.00603. The minimum Gasteiger partial charge on any atom is -0.457 e. The Morgan fingerprint density at radius 1 is 0.933 bits per heavy atom. The smallest absolute Gasteiger partial charge is 0.238 e. The van der Waals surface area contributed by atoms with E-state index in [-0.39, 0.29) is 5.91 Å². The minimum atomic E-state index is -0.00603. The molecule has 6 nitrogen and oxygen atoms in total. The number of amides is 1. The van der Waals surface area contributed by atoms with Crippen molar-refractivity contribution in [2.24, 2.45) is 0 Å². The molecule has 154 valence electrons. The van der Waals surface area contributed by atoms with Crippen LogP contribution in [0.3, 0.4) is 0 Å². The van der Waals surface area contributed by atoms with E-state index in [2.05, 4.69) is 20.1 Å². The number of carbonyl (C=O) groups excluding carboxylic acids is 1. The lowest BCUT2D eigenvalue weighted by Gasteiger charge is -2.34. The first-order valence-electron chi connectivity index (χ1n) is 10.2. The van der Waals surface area contributed by atoms with Crippen molar-refractivity contribution >= 4 is 17.4 Å². The molecule has 1 aromatic heterocycles. The fourth-order valence-corrected chi connectivity index (χ4v) is 3.43. The Kier molecular flexibility index (Phi) is 6.25. The lowest BCUT2D eigenvalue weighted by molar-refractivity contribution is -0.117. The summed E-state index contributed by atoms with van der Waals surface area (Å²) in [5, 5.41) is 2.97. The highest BCUT2D eigenvalue weighted by Crippen LogP contribution is 2.23. The molecular formula is C24H26N4O2. The Morgan fingerprint density at radius 2 is 1.60 bits per heavy atom. The monoisotopic (exact) mass is 402 g/mol. The first-order chi connectivity index (χ1) is 14.7. The zero-order valence-electron chi connectivity index (χ0n) is 17.1. The maximum Gasteiger partial charge on any atom is 0.238 e. The Balaban J connectivity index is 1.24. The molecule has 1 amide bonds. The lowest BCUT2D eigenvalue weighted by atomic mass is 10.2. The molecule has 0 radical (unpaired) electrons. The van der Waals surface area contributed by atoms with Crippen molar-refractivity contribution in [1.29, 1.82) is 0 Å². The van der Waals surface area contributed by atoms with E-state index in [1.54, 1.807) is 0 Å². The third-order valence-corrected chi connectivity index (χ3v) is 5.11.